The van der Waals surface area contributed by atoms with Gasteiger partial charge in [0.25, 0.3) is 35.0 Å². The number of ether oxygens (including phenoxy) is 2. The number of carboxylic acid groups (broad SMARTS) is 1. The van der Waals surface area contributed by atoms with Crippen molar-refractivity contribution in [3.05, 3.63) is 97.6 Å². The number of carbonyl (C=O) groups is 7. The number of nitrogens with two attached hydrogens (primary N) is 8. The highest BCUT2D eigenvalue weighted by Crippen LogP contribution is 2.39. The molecule has 0 heterocycles. The Morgan fingerprint density at radius 2 is 1.16 bits per heavy atom. The number of guanidine groups is 3. The van der Waals surface area contributed by atoms with Gasteiger partial charge in [-0.15, -0.1) is 0 Å². The first-order valence-corrected chi connectivity index (χ1v) is 20.9. The number of primary amides is 1. The fraction of sp³-hybridized carbons (Fsp3) is 0.275. The van der Waals surface area contributed by atoms with E-state index >= 15 is 0 Å². The Labute approximate surface area is 422 Å². The first-order valence-electron chi connectivity index (χ1n) is 20.9. The number of amidine groups is 1. The molecule has 0 bridgehead atoms. The van der Waals surface area contributed by atoms with E-state index in [1.807, 2.05) is 10.6 Å². The minimum Gasteiger partial charge on any atom is -0.497 e. The largest absolute Gasteiger partial charge is 0.497 e. The highest BCUT2D eigenvalue weighted by Gasteiger charge is 2.39. The summed E-state index contributed by atoms with van der Waals surface area (Å²) in [4.78, 5) is 132. The van der Waals surface area contributed by atoms with Gasteiger partial charge in [-0.05, 0) is 24.6 Å². The minimum atomic E-state index is -2.26. The normalized spacial score (nSPS) is 13.2. The number of non-ortho nitro benzene ring substituents is 1. The summed E-state index contributed by atoms with van der Waals surface area (Å²) < 4.78 is 10.7. The van der Waals surface area contributed by atoms with Crippen molar-refractivity contribution in [1.82, 2.24) is 26.6 Å². The zero-order chi connectivity index (χ0) is 56.4. The number of benzene rings is 3. The third-order valence-electron chi connectivity index (χ3n) is 9.67. The van der Waals surface area contributed by atoms with Crippen molar-refractivity contribution in [2.24, 2.45) is 65.8 Å². The molecular formula is C40H52N20O15. The molecule has 3 aromatic carbocycles. The lowest BCUT2D eigenvalue weighted by Crippen LogP contribution is -2.58. The van der Waals surface area contributed by atoms with E-state index in [0.717, 1.165) is 4.90 Å². The molecule has 0 aliphatic heterocycles. The summed E-state index contributed by atoms with van der Waals surface area (Å²) in [6.07, 6.45) is -8.40. The third kappa shape index (κ3) is 16.5. The molecule has 402 valence electrons. The van der Waals surface area contributed by atoms with E-state index in [-0.39, 0.29) is 28.5 Å². The summed E-state index contributed by atoms with van der Waals surface area (Å²) >= 11 is 0. The van der Waals surface area contributed by atoms with Gasteiger partial charge in [0.05, 0.1) is 48.1 Å². The summed E-state index contributed by atoms with van der Waals surface area (Å²) in [5.74, 6) is -12.5. The van der Waals surface area contributed by atoms with Gasteiger partial charge < -0.3 is 97.0 Å². The predicted molar refractivity (Wildman–Crippen MR) is 262 cm³/mol. The number of hydrogen-bond acceptors (Lipinski definition) is 19. The molecule has 0 aromatic heterocycles. The number of carboxylic acids is 1. The zero-order valence-corrected chi connectivity index (χ0v) is 39.6. The highest BCUT2D eigenvalue weighted by molar-refractivity contribution is 6.02. The van der Waals surface area contributed by atoms with Gasteiger partial charge in [0.1, 0.15) is 29.3 Å². The van der Waals surface area contributed by atoms with E-state index in [1.54, 1.807) is 0 Å². The number of aliphatic hydroxyl groups is 1. The number of carbonyl (C=O) groups excluding carboxylic acids is 6. The van der Waals surface area contributed by atoms with Gasteiger partial charge in [0.15, 0.2) is 17.9 Å². The van der Waals surface area contributed by atoms with Gasteiger partial charge in [-0.25, -0.2) is 24.8 Å². The van der Waals surface area contributed by atoms with Crippen molar-refractivity contribution in [3.63, 3.8) is 0 Å². The first kappa shape index (κ1) is 58.7. The van der Waals surface area contributed by atoms with Crippen molar-refractivity contribution in [2.45, 2.75) is 50.2 Å². The highest BCUT2D eigenvalue weighted by atomic mass is 16.6. The number of hydrogen-bond donors (Lipinski definition) is 15. The van der Waals surface area contributed by atoms with Crippen LogP contribution < -0.4 is 86.8 Å². The Morgan fingerprint density at radius 1 is 0.653 bits per heavy atom. The molecule has 0 aliphatic carbocycles. The maximum Gasteiger partial charge on any atom is 0.338 e. The number of nitrogens with one attached hydrogen (secondary N) is 5. The lowest BCUT2D eigenvalue weighted by Gasteiger charge is -2.33. The van der Waals surface area contributed by atoms with Crippen molar-refractivity contribution >= 4 is 82.2 Å². The number of amides is 6. The summed E-state index contributed by atoms with van der Waals surface area (Å²) in [5.41, 5.74) is 39.5. The Kier molecular flexibility index (Phi) is 20.8. The third-order valence-corrected chi connectivity index (χ3v) is 9.67. The lowest BCUT2D eigenvalue weighted by molar-refractivity contribution is -0.393. The summed E-state index contributed by atoms with van der Waals surface area (Å²) in [6.45, 7) is -0.814. The molecule has 0 spiro atoms. The van der Waals surface area contributed by atoms with Gasteiger partial charge in [-0.1, -0.05) is 30.3 Å². The van der Waals surface area contributed by atoms with E-state index in [0.29, 0.717) is 12.1 Å². The van der Waals surface area contributed by atoms with E-state index in [9.17, 15) is 64.0 Å². The fourth-order valence-corrected chi connectivity index (χ4v) is 6.48. The van der Waals surface area contributed by atoms with Crippen molar-refractivity contribution in [1.29, 1.82) is 0 Å². The number of nitro benzene ring substituents is 2. The quantitative estimate of drug-likeness (QED) is 0.0154. The van der Waals surface area contributed by atoms with Crippen LogP contribution in [0.15, 0.2) is 80.6 Å². The average Bonchev–Trinajstić information content (AvgIpc) is 3.33. The smallest absolute Gasteiger partial charge is 0.338 e. The molecule has 3 aromatic rings. The second-order valence-electron chi connectivity index (χ2n) is 15.0. The second-order valence-corrected chi connectivity index (χ2v) is 15.0. The molecule has 6 atom stereocenters. The number of nitrogens with zero attached hydrogens (tertiary/aromatic N) is 7. The number of rotatable bonds is 26. The molecular weight excluding hydrogens is 1000 g/mol. The van der Waals surface area contributed by atoms with E-state index < -0.39 is 142 Å². The predicted octanol–water partition coefficient (Wildman–Crippen LogP) is -6.10. The zero-order valence-electron chi connectivity index (χ0n) is 39.6. The second kappa shape index (κ2) is 26.6. The molecule has 0 saturated carbocycles. The maximum atomic E-state index is 14.6. The SMILES string of the molecule is COc1ccc(CN(c2c(C(=O)O)cc([N+](=O)[O-])cc2[N+](=O)[O-])C(CO)C(=O)NC(C(=O)NC(N=C(N)N)C(=O)NC(N=C(N)N)C(=O)NC(N=C(C)N)C(=O)NC(N=C(N)N)C(N)=O)c2ccccc2)c(OC)c1. The molecule has 0 fully saturated rings. The van der Waals surface area contributed by atoms with E-state index in [2.05, 4.69) is 35.9 Å². The van der Waals surface area contributed by atoms with Crippen molar-refractivity contribution < 1.29 is 63.1 Å². The van der Waals surface area contributed by atoms with Crippen LogP contribution in [0.3, 0.4) is 0 Å². The molecule has 35 heteroatoms. The Bertz CT molecular complexity index is 2760. The van der Waals surface area contributed by atoms with E-state index in [4.69, 9.17) is 55.3 Å². The van der Waals surface area contributed by atoms with Crippen LogP contribution >= 0.6 is 0 Å². The van der Waals surface area contributed by atoms with Crippen LogP contribution in [0.2, 0.25) is 0 Å². The van der Waals surface area contributed by atoms with Crippen LogP contribution in [-0.4, -0.2) is 137 Å². The van der Waals surface area contributed by atoms with Gasteiger partial charge in [0, 0.05) is 24.2 Å². The van der Waals surface area contributed by atoms with Crippen LogP contribution in [0.4, 0.5) is 17.1 Å². The fourth-order valence-electron chi connectivity index (χ4n) is 6.48. The average molecular weight is 1050 g/mol. The molecule has 6 amide bonds. The first-order chi connectivity index (χ1) is 35.2. The Balaban J connectivity index is 2.16. The molecule has 0 radical (unpaired) electrons. The van der Waals surface area contributed by atoms with Crippen molar-refractivity contribution in [3.8, 4) is 11.5 Å². The molecule has 6 unspecified atom stereocenters. The molecule has 23 N–H and O–H groups in total. The number of aliphatic imine (C=N–C) groups is 4. The van der Waals surface area contributed by atoms with Crippen molar-refractivity contribution in [2.75, 3.05) is 25.7 Å². The maximum absolute atomic E-state index is 14.6. The van der Waals surface area contributed by atoms with Crippen LogP contribution in [-0.2, 0) is 35.3 Å². The summed E-state index contributed by atoms with van der Waals surface area (Å²) in [6, 6.07) is 7.93. The van der Waals surface area contributed by atoms with Gasteiger partial charge in [-0.2, -0.15) is 0 Å². The molecule has 35 nitrogen and oxygen atoms in total. The van der Waals surface area contributed by atoms with E-state index in [1.165, 1.54) is 69.7 Å². The van der Waals surface area contributed by atoms with Crippen LogP contribution in [0, 0.1) is 20.2 Å². The van der Waals surface area contributed by atoms with Gasteiger partial charge in [-0.3, -0.25) is 49.0 Å². The molecule has 0 aliphatic rings. The van der Waals surface area contributed by atoms with Crippen LogP contribution in [0.1, 0.15) is 34.5 Å². The van der Waals surface area contributed by atoms with Crippen LogP contribution in [0.25, 0.3) is 0 Å². The standard InChI is InChI=1S/C40H52N20O15/c1-16(41)49-29(34(65)51-28(27(42)62)55-38(43)44)53-36(67)31(57-40(47)48)54-35(66)30(56-39(45)46)52-33(64)25(17-7-5-4-6-8-17)50-32(63)23(15-61)58(14-18-9-10-20(74-2)13-24(18)75-3)26-21(37(68)69)11-19(59(70)71)12-22(26)60(72)73/h4-13,23,25,28-31,61H,14-15H2,1-3H3,(H2,41,49)(H2,42,62)(H,50,63)(H,51,65)(H,52,64)(H,53,67)(H,54,66)(H,68,69)(H4,43,44,55)(H4,45,46,56)(H4,47,48,57). The Morgan fingerprint density at radius 3 is 1.60 bits per heavy atom. The lowest BCUT2D eigenvalue weighted by atomic mass is 10.0. The minimum absolute atomic E-state index is 0.0189. The number of aliphatic hydroxyl groups excluding tert-OH is 1. The molecule has 0 saturated heterocycles. The van der Waals surface area contributed by atoms with Crippen LogP contribution in [0.5, 0.6) is 11.5 Å². The summed E-state index contributed by atoms with van der Waals surface area (Å²) in [5, 5.41) is 56.3. The Hall–Kier alpha value is -10.6. The van der Waals surface area contributed by atoms with Gasteiger partial charge in [0.2, 0.25) is 36.5 Å². The number of aromatic carboxylic acids is 1. The number of methoxy groups -OCH3 is 2. The van der Waals surface area contributed by atoms with Gasteiger partial charge >= 0.3 is 5.97 Å². The monoisotopic (exact) mass is 1050 g/mol. The molecule has 3 rings (SSSR count). The summed E-state index contributed by atoms with van der Waals surface area (Å²) in [7, 11) is 2.55. The number of anilines is 1. The number of nitro groups is 2. The topological polar surface area (TPSA) is 586 Å². The molecule has 75 heavy (non-hydrogen) atoms.